The zero-order valence-corrected chi connectivity index (χ0v) is 12.5. The summed E-state index contributed by atoms with van der Waals surface area (Å²) >= 11 is 3.68. The summed E-state index contributed by atoms with van der Waals surface area (Å²) in [6, 6.07) is 6.20. The zero-order valence-electron chi connectivity index (χ0n) is 10.9. The fraction of sp³-hybridized carbons (Fsp3) is 0.533. The molecule has 2 atom stereocenters. The molecule has 1 fully saturated rings. The predicted octanol–water partition coefficient (Wildman–Crippen LogP) is 3.44. The van der Waals surface area contributed by atoms with Gasteiger partial charge in [0.15, 0.2) is 0 Å². The Morgan fingerprint density at radius 3 is 2.89 bits per heavy atom. The Morgan fingerprint density at radius 2 is 2.16 bits per heavy atom. The maximum absolute atomic E-state index is 13.0. The van der Waals surface area contributed by atoms with Crippen LogP contribution < -0.4 is 5.32 Å². The normalized spacial score (nSPS) is 23.1. The largest absolute Gasteiger partial charge is 0.355 e. The highest BCUT2D eigenvalue weighted by molar-refractivity contribution is 9.09. The molecule has 1 saturated carbocycles. The molecule has 2 nitrogen and oxygen atoms in total. The molecule has 1 aromatic carbocycles. The van der Waals surface area contributed by atoms with E-state index in [4.69, 9.17) is 0 Å². The second kappa shape index (κ2) is 7.04. The molecule has 2 rings (SSSR count). The number of halogens is 2. The lowest BCUT2D eigenvalue weighted by Gasteiger charge is -2.27. The molecule has 104 valence electrons. The SMILES string of the molecule is O=C(Cc1cccc(F)c1)NCC1CCCCC1Br. The zero-order chi connectivity index (χ0) is 13.7. The fourth-order valence-corrected chi connectivity index (χ4v) is 3.31. The van der Waals surface area contributed by atoms with E-state index in [0.29, 0.717) is 17.3 Å². The van der Waals surface area contributed by atoms with Gasteiger partial charge in [0, 0.05) is 11.4 Å². The summed E-state index contributed by atoms with van der Waals surface area (Å²) in [5.74, 6) is 0.194. The third-order valence-corrected chi connectivity index (χ3v) is 4.84. The Labute approximate surface area is 121 Å². The van der Waals surface area contributed by atoms with E-state index in [1.54, 1.807) is 12.1 Å². The van der Waals surface area contributed by atoms with Crippen LogP contribution in [0.4, 0.5) is 4.39 Å². The fourth-order valence-electron chi connectivity index (χ4n) is 2.53. The Kier molecular flexibility index (Phi) is 5.37. The third kappa shape index (κ3) is 4.60. The van der Waals surface area contributed by atoms with E-state index in [9.17, 15) is 9.18 Å². The Balaban J connectivity index is 1.78. The molecule has 4 heteroatoms. The molecule has 0 spiro atoms. The molecular formula is C15H19BrFNO. The number of carbonyl (C=O) groups is 1. The van der Waals surface area contributed by atoms with Crippen LogP contribution in [0.15, 0.2) is 24.3 Å². The first-order chi connectivity index (χ1) is 9.15. The highest BCUT2D eigenvalue weighted by Crippen LogP contribution is 2.29. The maximum atomic E-state index is 13.0. The van der Waals surface area contributed by atoms with Crippen LogP contribution in [0.5, 0.6) is 0 Å². The molecule has 0 aliphatic heterocycles. The van der Waals surface area contributed by atoms with E-state index >= 15 is 0 Å². The van der Waals surface area contributed by atoms with Crippen LogP contribution in [-0.4, -0.2) is 17.3 Å². The number of alkyl halides is 1. The standard InChI is InChI=1S/C15H19BrFNO/c16-14-7-2-1-5-12(14)10-18-15(19)9-11-4-3-6-13(17)8-11/h3-4,6,8,12,14H,1-2,5,7,9-10H2,(H,18,19). The van der Waals surface area contributed by atoms with E-state index in [-0.39, 0.29) is 18.1 Å². The van der Waals surface area contributed by atoms with Gasteiger partial charge < -0.3 is 5.32 Å². The molecule has 0 saturated heterocycles. The highest BCUT2D eigenvalue weighted by atomic mass is 79.9. The topological polar surface area (TPSA) is 29.1 Å². The minimum atomic E-state index is -0.293. The van der Waals surface area contributed by atoms with Crippen molar-refractivity contribution in [2.45, 2.75) is 36.9 Å². The van der Waals surface area contributed by atoms with Crippen LogP contribution in [0.25, 0.3) is 0 Å². The van der Waals surface area contributed by atoms with Crippen LogP contribution in [0.1, 0.15) is 31.2 Å². The number of amides is 1. The van der Waals surface area contributed by atoms with Crippen LogP contribution in [-0.2, 0) is 11.2 Å². The van der Waals surface area contributed by atoms with Crippen LogP contribution >= 0.6 is 15.9 Å². The first kappa shape index (κ1) is 14.5. The molecular weight excluding hydrogens is 309 g/mol. The Bertz CT molecular complexity index is 438. The average Bonchev–Trinajstić information content (AvgIpc) is 2.38. The molecule has 0 heterocycles. The summed E-state index contributed by atoms with van der Waals surface area (Å²) in [5.41, 5.74) is 0.719. The number of rotatable bonds is 4. The summed E-state index contributed by atoms with van der Waals surface area (Å²) in [7, 11) is 0. The lowest BCUT2D eigenvalue weighted by Crippen LogP contribution is -2.35. The first-order valence-corrected chi connectivity index (χ1v) is 7.72. The first-order valence-electron chi connectivity index (χ1n) is 6.80. The summed E-state index contributed by atoms with van der Waals surface area (Å²) in [5, 5.41) is 2.96. The van der Waals surface area contributed by atoms with Crippen molar-refractivity contribution in [1.82, 2.24) is 5.32 Å². The molecule has 1 amide bonds. The van der Waals surface area contributed by atoms with Crippen molar-refractivity contribution in [3.8, 4) is 0 Å². The lowest BCUT2D eigenvalue weighted by atomic mass is 9.89. The molecule has 2 unspecified atom stereocenters. The van der Waals surface area contributed by atoms with Crippen molar-refractivity contribution in [1.29, 1.82) is 0 Å². The number of benzene rings is 1. The van der Waals surface area contributed by atoms with Crippen molar-refractivity contribution >= 4 is 21.8 Å². The van der Waals surface area contributed by atoms with Gasteiger partial charge in [-0.2, -0.15) is 0 Å². The van der Waals surface area contributed by atoms with Gasteiger partial charge in [-0.3, -0.25) is 4.79 Å². The van der Waals surface area contributed by atoms with Gasteiger partial charge >= 0.3 is 0 Å². The van der Waals surface area contributed by atoms with Crippen molar-refractivity contribution in [3.63, 3.8) is 0 Å². The lowest BCUT2D eigenvalue weighted by molar-refractivity contribution is -0.120. The van der Waals surface area contributed by atoms with Gasteiger partial charge in [-0.15, -0.1) is 0 Å². The second-order valence-corrected chi connectivity index (χ2v) is 6.35. The molecule has 1 aliphatic rings. The minimum absolute atomic E-state index is 0.0316. The summed E-state index contributed by atoms with van der Waals surface area (Å²) in [6.07, 6.45) is 5.11. The number of nitrogens with one attached hydrogen (secondary N) is 1. The van der Waals surface area contributed by atoms with E-state index in [1.165, 1.54) is 31.4 Å². The Morgan fingerprint density at radius 1 is 1.37 bits per heavy atom. The van der Waals surface area contributed by atoms with Gasteiger partial charge in [0.2, 0.25) is 5.91 Å². The van der Waals surface area contributed by atoms with Gasteiger partial charge in [-0.1, -0.05) is 40.9 Å². The maximum Gasteiger partial charge on any atom is 0.224 e. The van der Waals surface area contributed by atoms with Gasteiger partial charge in [0.1, 0.15) is 5.82 Å². The average molecular weight is 328 g/mol. The van der Waals surface area contributed by atoms with Crippen LogP contribution in [0.3, 0.4) is 0 Å². The molecule has 19 heavy (non-hydrogen) atoms. The Hall–Kier alpha value is -0.900. The van der Waals surface area contributed by atoms with Crippen molar-refractivity contribution in [3.05, 3.63) is 35.6 Å². The quantitative estimate of drug-likeness (QED) is 0.843. The monoisotopic (exact) mass is 327 g/mol. The highest BCUT2D eigenvalue weighted by Gasteiger charge is 2.22. The third-order valence-electron chi connectivity index (χ3n) is 3.63. The van der Waals surface area contributed by atoms with E-state index in [1.807, 2.05) is 0 Å². The predicted molar refractivity (Wildman–Crippen MR) is 77.8 cm³/mol. The minimum Gasteiger partial charge on any atom is -0.355 e. The van der Waals surface area contributed by atoms with Crippen LogP contribution in [0.2, 0.25) is 0 Å². The number of hydrogen-bond acceptors (Lipinski definition) is 1. The molecule has 0 aromatic heterocycles. The van der Waals surface area contributed by atoms with E-state index < -0.39 is 0 Å². The number of hydrogen-bond donors (Lipinski definition) is 1. The molecule has 0 bridgehead atoms. The number of carbonyl (C=O) groups excluding carboxylic acids is 1. The van der Waals surface area contributed by atoms with Crippen molar-refractivity contribution in [2.75, 3.05) is 6.54 Å². The summed E-state index contributed by atoms with van der Waals surface area (Å²) < 4.78 is 13.0. The van der Waals surface area contributed by atoms with Gasteiger partial charge in [-0.25, -0.2) is 4.39 Å². The van der Waals surface area contributed by atoms with Crippen molar-refractivity contribution in [2.24, 2.45) is 5.92 Å². The second-order valence-electron chi connectivity index (χ2n) is 5.17. The van der Waals surface area contributed by atoms with Gasteiger partial charge in [-0.05, 0) is 36.5 Å². The summed E-state index contributed by atoms with van der Waals surface area (Å²) in [6.45, 7) is 0.712. The molecule has 1 N–H and O–H groups in total. The van der Waals surface area contributed by atoms with Crippen LogP contribution in [0, 0.1) is 11.7 Å². The van der Waals surface area contributed by atoms with E-state index in [2.05, 4.69) is 21.2 Å². The summed E-state index contributed by atoms with van der Waals surface area (Å²) in [4.78, 5) is 12.3. The van der Waals surface area contributed by atoms with E-state index in [0.717, 1.165) is 12.0 Å². The van der Waals surface area contributed by atoms with Gasteiger partial charge in [0.05, 0.1) is 6.42 Å². The van der Waals surface area contributed by atoms with Gasteiger partial charge in [0.25, 0.3) is 0 Å². The van der Waals surface area contributed by atoms with Crippen molar-refractivity contribution < 1.29 is 9.18 Å². The molecule has 1 aromatic rings. The molecule has 0 radical (unpaired) electrons. The smallest absolute Gasteiger partial charge is 0.224 e. The molecule has 1 aliphatic carbocycles.